The SMILES string of the molecule is Cc1cc(Cl)ccc1NC(=O)CCN(Cc1ccccc1)C(C)C. The molecule has 0 saturated carbocycles. The summed E-state index contributed by atoms with van der Waals surface area (Å²) in [5.74, 6) is 0.0270. The van der Waals surface area contributed by atoms with E-state index >= 15 is 0 Å². The molecule has 24 heavy (non-hydrogen) atoms. The molecule has 1 amide bonds. The summed E-state index contributed by atoms with van der Waals surface area (Å²) in [4.78, 5) is 14.6. The van der Waals surface area contributed by atoms with Gasteiger partial charge in [-0.05, 0) is 50.1 Å². The van der Waals surface area contributed by atoms with Crippen LogP contribution in [0, 0.1) is 6.92 Å². The number of aryl methyl sites for hydroxylation is 1. The van der Waals surface area contributed by atoms with Gasteiger partial charge in [0.05, 0.1) is 0 Å². The molecular weight excluding hydrogens is 320 g/mol. The van der Waals surface area contributed by atoms with E-state index in [1.165, 1.54) is 5.56 Å². The molecule has 0 saturated heterocycles. The molecule has 0 fully saturated rings. The highest BCUT2D eigenvalue weighted by Crippen LogP contribution is 2.19. The molecule has 128 valence electrons. The summed E-state index contributed by atoms with van der Waals surface area (Å²) >= 11 is 5.95. The summed E-state index contributed by atoms with van der Waals surface area (Å²) in [5, 5.41) is 3.65. The van der Waals surface area contributed by atoms with Gasteiger partial charge in [-0.25, -0.2) is 0 Å². The first-order chi connectivity index (χ1) is 11.5. The molecule has 0 aromatic heterocycles. The predicted molar refractivity (Wildman–Crippen MR) is 101 cm³/mol. The van der Waals surface area contributed by atoms with Crippen LogP contribution in [0.25, 0.3) is 0 Å². The quantitative estimate of drug-likeness (QED) is 0.775. The third kappa shape index (κ3) is 5.66. The summed E-state index contributed by atoms with van der Waals surface area (Å²) in [6, 6.07) is 16.2. The molecule has 0 aliphatic heterocycles. The zero-order valence-corrected chi connectivity index (χ0v) is 15.3. The normalized spacial score (nSPS) is 11.1. The number of carbonyl (C=O) groups excluding carboxylic acids is 1. The molecule has 4 heteroatoms. The molecule has 0 unspecified atom stereocenters. The zero-order chi connectivity index (χ0) is 17.5. The van der Waals surface area contributed by atoms with E-state index in [0.717, 1.165) is 24.3 Å². The van der Waals surface area contributed by atoms with Crippen molar-refractivity contribution in [2.24, 2.45) is 0 Å². The lowest BCUT2D eigenvalue weighted by Gasteiger charge is -2.26. The number of benzene rings is 2. The smallest absolute Gasteiger partial charge is 0.225 e. The van der Waals surface area contributed by atoms with Gasteiger partial charge in [0.1, 0.15) is 0 Å². The molecule has 0 spiro atoms. The number of nitrogens with one attached hydrogen (secondary N) is 1. The standard InChI is InChI=1S/C20H25ClN2O/c1-15(2)23(14-17-7-5-4-6-8-17)12-11-20(24)22-19-10-9-18(21)13-16(19)3/h4-10,13,15H,11-12,14H2,1-3H3,(H,22,24). The average molecular weight is 345 g/mol. The van der Waals surface area contributed by atoms with Gasteiger partial charge in [0.25, 0.3) is 0 Å². The first-order valence-electron chi connectivity index (χ1n) is 8.29. The summed E-state index contributed by atoms with van der Waals surface area (Å²) in [7, 11) is 0. The monoisotopic (exact) mass is 344 g/mol. The molecule has 0 aliphatic carbocycles. The van der Waals surface area contributed by atoms with Crippen LogP contribution >= 0.6 is 11.6 Å². The van der Waals surface area contributed by atoms with Crippen LogP contribution in [0.1, 0.15) is 31.4 Å². The largest absolute Gasteiger partial charge is 0.326 e. The van der Waals surface area contributed by atoms with Gasteiger partial charge < -0.3 is 5.32 Å². The number of nitrogens with zero attached hydrogens (tertiary/aromatic N) is 1. The van der Waals surface area contributed by atoms with Gasteiger partial charge in [0.15, 0.2) is 0 Å². The fourth-order valence-electron chi connectivity index (χ4n) is 2.56. The van der Waals surface area contributed by atoms with E-state index in [1.807, 2.05) is 37.3 Å². The number of halogens is 1. The number of carbonyl (C=O) groups is 1. The third-order valence-electron chi connectivity index (χ3n) is 4.05. The summed E-state index contributed by atoms with van der Waals surface area (Å²) in [6.07, 6.45) is 0.465. The Bertz CT molecular complexity index is 671. The first-order valence-corrected chi connectivity index (χ1v) is 8.67. The highest BCUT2D eigenvalue weighted by molar-refractivity contribution is 6.30. The van der Waals surface area contributed by atoms with Crippen LogP contribution in [-0.2, 0) is 11.3 Å². The highest BCUT2D eigenvalue weighted by Gasteiger charge is 2.13. The minimum Gasteiger partial charge on any atom is -0.326 e. The Morgan fingerprint density at radius 3 is 2.50 bits per heavy atom. The zero-order valence-electron chi connectivity index (χ0n) is 14.6. The fraction of sp³-hybridized carbons (Fsp3) is 0.350. The number of hydrogen-bond donors (Lipinski definition) is 1. The topological polar surface area (TPSA) is 32.3 Å². The van der Waals surface area contributed by atoms with Gasteiger partial charge in [-0.3, -0.25) is 9.69 Å². The lowest BCUT2D eigenvalue weighted by molar-refractivity contribution is -0.116. The Morgan fingerprint density at radius 2 is 1.88 bits per heavy atom. The second kappa shape index (κ2) is 8.86. The molecule has 0 atom stereocenters. The van der Waals surface area contributed by atoms with Crippen molar-refractivity contribution in [1.82, 2.24) is 4.90 Å². The van der Waals surface area contributed by atoms with Crippen molar-refractivity contribution < 1.29 is 4.79 Å². The molecule has 0 heterocycles. The van der Waals surface area contributed by atoms with E-state index < -0.39 is 0 Å². The van der Waals surface area contributed by atoms with Crippen LogP contribution in [0.3, 0.4) is 0 Å². The van der Waals surface area contributed by atoms with Gasteiger partial charge in [0, 0.05) is 36.3 Å². The second-order valence-corrected chi connectivity index (χ2v) is 6.74. The minimum atomic E-state index is 0.0270. The van der Waals surface area contributed by atoms with Crippen molar-refractivity contribution in [3.63, 3.8) is 0 Å². The predicted octanol–water partition coefficient (Wildman–Crippen LogP) is 4.89. The Morgan fingerprint density at radius 1 is 1.17 bits per heavy atom. The first kappa shape index (κ1) is 18.5. The Balaban J connectivity index is 1.90. The van der Waals surface area contributed by atoms with Crippen LogP contribution in [-0.4, -0.2) is 23.4 Å². The summed E-state index contributed by atoms with van der Waals surface area (Å²) in [5.41, 5.74) is 3.06. The van der Waals surface area contributed by atoms with Crippen LogP contribution in [0.15, 0.2) is 48.5 Å². The maximum absolute atomic E-state index is 12.3. The van der Waals surface area contributed by atoms with Gasteiger partial charge in [-0.15, -0.1) is 0 Å². The van der Waals surface area contributed by atoms with Gasteiger partial charge >= 0.3 is 0 Å². The van der Waals surface area contributed by atoms with Crippen LogP contribution in [0.5, 0.6) is 0 Å². The molecule has 0 bridgehead atoms. The lowest BCUT2D eigenvalue weighted by atomic mass is 10.1. The summed E-state index contributed by atoms with van der Waals surface area (Å²) < 4.78 is 0. The molecule has 1 N–H and O–H groups in total. The van der Waals surface area contributed by atoms with E-state index in [-0.39, 0.29) is 5.91 Å². The van der Waals surface area contributed by atoms with E-state index in [1.54, 1.807) is 6.07 Å². The van der Waals surface area contributed by atoms with Crippen molar-refractivity contribution in [3.8, 4) is 0 Å². The molecule has 2 aromatic carbocycles. The number of anilines is 1. The van der Waals surface area contributed by atoms with E-state index in [0.29, 0.717) is 17.5 Å². The van der Waals surface area contributed by atoms with Crippen molar-refractivity contribution in [2.45, 2.75) is 39.8 Å². The second-order valence-electron chi connectivity index (χ2n) is 6.31. The van der Waals surface area contributed by atoms with Crippen LogP contribution in [0.2, 0.25) is 5.02 Å². The average Bonchev–Trinajstić information content (AvgIpc) is 2.55. The van der Waals surface area contributed by atoms with Crippen molar-refractivity contribution in [3.05, 3.63) is 64.7 Å². The maximum atomic E-state index is 12.3. The fourth-order valence-corrected chi connectivity index (χ4v) is 2.79. The maximum Gasteiger partial charge on any atom is 0.225 e. The van der Waals surface area contributed by atoms with Crippen LogP contribution < -0.4 is 5.32 Å². The third-order valence-corrected chi connectivity index (χ3v) is 4.28. The minimum absolute atomic E-state index is 0.0270. The molecule has 2 aromatic rings. The van der Waals surface area contributed by atoms with Gasteiger partial charge in [-0.2, -0.15) is 0 Å². The van der Waals surface area contributed by atoms with E-state index in [9.17, 15) is 4.79 Å². The number of amides is 1. The van der Waals surface area contributed by atoms with E-state index in [2.05, 4.69) is 36.2 Å². The van der Waals surface area contributed by atoms with E-state index in [4.69, 9.17) is 11.6 Å². The van der Waals surface area contributed by atoms with Crippen molar-refractivity contribution in [2.75, 3.05) is 11.9 Å². The van der Waals surface area contributed by atoms with Gasteiger partial charge in [0.2, 0.25) is 5.91 Å². The van der Waals surface area contributed by atoms with Crippen LogP contribution in [0.4, 0.5) is 5.69 Å². The number of hydrogen-bond acceptors (Lipinski definition) is 2. The molecule has 3 nitrogen and oxygen atoms in total. The summed E-state index contributed by atoms with van der Waals surface area (Å²) in [6.45, 7) is 7.84. The Labute approximate surface area is 149 Å². The van der Waals surface area contributed by atoms with Crippen molar-refractivity contribution in [1.29, 1.82) is 0 Å². The highest BCUT2D eigenvalue weighted by atomic mass is 35.5. The molecule has 0 radical (unpaired) electrons. The number of rotatable bonds is 7. The van der Waals surface area contributed by atoms with Gasteiger partial charge in [-0.1, -0.05) is 41.9 Å². The Hall–Kier alpha value is -1.84. The van der Waals surface area contributed by atoms with Crippen molar-refractivity contribution >= 4 is 23.2 Å². The molecule has 2 rings (SSSR count). The Kier molecular flexibility index (Phi) is 6.83. The molecule has 0 aliphatic rings. The molecular formula is C20H25ClN2O. The lowest BCUT2D eigenvalue weighted by Crippen LogP contribution is -2.33.